The standard InChI is InChI=1S/C24H23F6N7O/c25-23(26,27)11-2-1-3-14-4-6-15(7-5-14)22(24(28,29)30)13-17(18-10-12-37(34-18)16-8-9-16)19(21(38)31-22)20-32-35-36-33-20/h4-7,10,12,16H,1-3,8-9,11,13H2,(H,31,38)(H,32,33,35,36). The van der Waals surface area contributed by atoms with Crippen molar-refractivity contribution < 1.29 is 31.1 Å². The van der Waals surface area contributed by atoms with Gasteiger partial charge >= 0.3 is 12.4 Å². The highest BCUT2D eigenvalue weighted by Gasteiger charge is 2.60. The fourth-order valence-corrected chi connectivity index (χ4v) is 4.67. The van der Waals surface area contributed by atoms with Crippen molar-refractivity contribution in [3.8, 4) is 0 Å². The summed E-state index contributed by atoms with van der Waals surface area (Å²) < 4.78 is 83.2. The molecule has 1 saturated carbocycles. The maximum atomic E-state index is 14.8. The molecule has 1 aliphatic heterocycles. The number of hydrogen-bond acceptors (Lipinski definition) is 5. The van der Waals surface area contributed by atoms with Crippen LogP contribution in [0.25, 0.3) is 11.1 Å². The van der Waals surface area contributed by atoms with Crippen molar-refractivity contribution in [3.63, 3.8) is 0 Å². The van der Waals surface area contributed by atoms with Crippen molar-refractivity contribution in [2.45, 2.75) is 68.9 Å². The number of aromatic amines is 1. The van der Waals surface area contributed by atoms with Gasteiger partial charge < -0.3 is 5.32 Å². The highest BCUT2D eigenvalue weighted by molar-refractivity contribution is 6.27. The summed E-state index contributed by atoms with van der Waals surface area (Å²) in [7, 11) is 0. The van der Waals surface area contributed by atoms with Crippen LogP contribution in [0, 0.1) is 0 Å². The molecule has 1 aliphatic carbocycles. The van der Waals surface area contributed by atoms with Gasteiger partial charge in [0, 0.05) is 19.0 Å². The number of tetrazole rings is 1. The molecular formula is C24H23F6N7O. The molecule has 14 heteroatoms. The smallest absolute Gasteiger partial charge is 0.334 e. The molecule has 1 amide bonds. The second kappa shape index (κ2) is 9.55. The Labute approximate surface area is 212 Å². The highest BCUT2D eigenvalue weighted by Crippen LogP contribution is 2.49. The number of benzene rings is 1. The summed E-state index contributed by atoms with van der Waals surface area (Å²) in [5, 5.41) is 19.9. The van der Waals surface area contributed by atoms with Crippen LogP contribution in [0.4, 0.5) is 26.3 Å². The van der Waals surface area contributed by atoms with E-state index < -0.39 is 36.6 Å². The minimum Gasteiger partial charge on any atom is -0.334 e. The molecule has 8 nitrogen and oxygen atoms in total. The molecule has 202 valence electrons. The third-order valence-corrected chi connectivity index (χ3v) is 6.81. The number of carbonyl (C=O) groups excluding carboxylic acids is 1. The molecule has 3 heterocycles. The molecule has 1 unspecified atom stereocenters. The first-order chi connectivity index (χ1) is 18.0. The van der Waals surface area contributed by atoms with E-state index in [1.54, 1.807) is 16.9 Å². The van der Waals surface area contributed by atoms with E-state index in [4.69, 9.17) is 0 Å². The average Bonchev–Trinajstić information content (AvgIpc) is 3.34. The van der Waals surface area contributed by atoms with Crippen molar-refractivity contribution in [2.75, 3.05) is 0 Å². The van der Waals surface area contributed by atoms with E-state index in [0.29, 0.717) is 5.56 Å². The van der Waals surface area contributed by atoms with E-state index in [-0.39, 0.29) is 53.5 Å². The molecule has 3 aromatic rings. The zero-order valence-corrected chi connectivity index (χ0v) is 19.9. The number of nitrogens with zero attached hydrogens (tertiary/aromatic N) is 5. The molecule has 0 bridgehead atoms. The van der Waals surface area contributed by atoms with Gasteiger partial charge in [-0.3, -0.25) is 9.48 Å². The highest BCUT2D eigenvalue weighted by atomic mass is 19.4. The number of alkyl halides is 6. The Kier molecular flexibility index (Phi) is 6.51. The Morgan fingerprint density at radius 3 is 2.37 bits per heavy atom. The van der Waals surface area contributed by atoms with Gasteiger partial charge in [0.25, 0.3) is 5.91 Å². The van der Waals surface area contributed by atoms with Crippen LogP contribution in [0.3, 0.4) is 0 Å². The van der Waals surface area contributed by atoms with Gasteiger partial charge in [0.2, 0.25) is 5.82 Å². The normalized spacial score (nSPS) is 20.6. The molecule has 2 aromatic heterocycles. The lowest BCUT2D eigenvalue weighted by Crippen LogP contribution is -2.58. The summed E-state index contributed by atoms with van der Waals surface area (Å²) >= 11 is 0. The Bertz CT molecular complexity index is 1320. The molecule has 0 spiro atoms. The Hall–Kier alpha value is -3.71. The van der Waals surface area contributed by atoms with E-state index in [9.17, 15) is 31.1 Å². The van der Waals surface area contributed by atoms with E-state index in [0.717, 1.165) is 12.8 Å². The number of carbonyl (C=O) groups is 1. The molecule has 0 radical (unpaired) electrons. The fraction of sp³-hybridized carbons (Fsp3) is 0.458. The summed E-state index contributed by atoms with van der Waals surface area (Å²) in [6, 6.07) is 7.15. The number of hydrogen-bond donors (Lipinski definition) is 2. The van der Waals surface area contributed by atoms with Crippen LogP contribution in [0.1, 0.15) is 67.2 Å². The predicted octanol–water partition coefficient (Wildman–Crippen LogP) is 4.89. The van der Waals surface area contributed by atoms with Crippen LogP contribution >= 0.6 is 0 Å². The third-order valence-electron chi connectivity index (χ3n) is 6.81. The van der Waals surface area contributed by atoms with Gasteiger partial charge in [-0.15, -0.1) is 10.2 Å². The molecule has 2 N–H and O–H groups in total. The van der Waals surface area contributed by atoms with Crippen molar-refractivity contribution in [1.29, 1.82) is 0 Å². The Morgan fingerprint density at radius 2 is 1.76 bits per heavy atom. The topological polar surface area (TPSA) is 101 Å². The summed E-state index contributed by atoms with van der Waals surface area (Å²) in [5.74, 6) is -1.18. The van der Waals surface area contributed by atoms with Crippen molar-refractivity contribution in [2.24, 2.45) is 0 Å². The lowest BCUT2D eigenvalue weighted by molar-refractivity contribution is -0.201. The van der Waals surface area contributed by atoms with E-state index in [2.05, 4.69) is 31.0 Å². The van der Waals surface area contributed by atoms with E-state index in [1.807, 2.05) is 0 Å². The zero-order valence-electron chi connectivity index (χ0n) is 19.9. The molecule has 2 aliphatic rings. The number of rotatable bonds is 8. The maximum absolute atomic E-state index is 14.8. The van der Waals surface area contributed by atoms with Gasteiger partial charge in [0.15, 0.2) is 5.54 Å². The third kappa shape index (κ3) is 5.16. The monoisotopic (exact) mass is 539 g/mol. The van der Waals surface area contributed by atoms with Gasteiger partial charge in [0.1, 0.15) is 0 Å². The van der Waals surface area contributed by atoms with Crippen LogP contribution in [0.5, 0.6) is 0 Å². The molecule has 1 atom stereocenters. The summed E-state index contributed by atoms with van der Waals surface area (Å²) in [6.45, 7) is 0. The largest absolute Gasteiger partial charge is 0.416 e. The summed E-state index contributed by atoms with van der Waals surface area (Å²) in [6.07, 6.45) is -6.79. The minimum atomic E-state index is -4.90. The first kappa shape index (κ1) is 25.9. The van der Waals surface area contributed by atoms with Crippen LogP contribution in [0.2, 0.25) is 0 Å². The molecule has 38 heavy (non-hydrogen) atoms. The number of amides is 1. The number of nitrogens with one attached hydrogen (secondary N) is 2. The second-order valence-corrected chi connectivity index (χ2v) is 9.55. The minimum absolute atomic E-state index is 0.0307. The number of halogens is 6. The fourth-order valence-electron chi connectivity index (χ4n) is 4.67. The molecular weight excluding hydrogens is 516 g/mol. The quantitative estimate of drug-likeness (QED) is 0.314. The van der Waals surface area contributed by atoms with Crippen LogP contribution in [0.15, 0.2) is 36.5 Å². The molecule has 1 fully saturated rings. The van der Waals surface area contributed by atoms with Crippen molar-refractivity contribution in [1.82, 2.24) is 35.7 Å². The summed E-state index contributed by atoms with van der Waals surface area (Å²) in [4.78, 5) is 13.3. The van der Waals surface area contributed by atoms with Crippen LogP contribution in [-0.4, -0.2) is 48.7 Å². The van der Waals surface area contributed by atoms with Crippen LogP contribution in [-0.2, 0) is 16.8 Å². The second-order valence-electron chi connectivity index (χ2n) is 9.55. The van der Waals surface area contributed by atoms with Gasteiger partial charge in [-0.25, -0.2) is 0 Å². The van der Waals surface area contributed by atoms with Gasteiger partial charge in [-0.1, -0.05) is 24.3 Å². The summed E-state index contributed by atoms with van der Waals surface area (Å²) in [5.41, 5.74) is -2.29. The Morgan fingerprint density at radius 1 is 1.03 bits per heavy atom. The number of aryl methyl sites for hydroxylation is 1. The van der Waals surface area contributed by atoms with Gasteiger partial charge in [0.05, 0.1) is 17.3 Å². The number of H-pyrrole nitrogens is 1. The van der Waals surface area contributed by atoms with Gasteiger partial charge in [-0.2, -0.15) is 36.7 Å². The van der Waals surface area contributed by atoms with Gasteiger partial charge in [-0.05, 0) is 60.1 Å². The molecule has 1 aromatic carbocycles. The average molecular weight is 539 g/mol. The van der Waals surface area contributed by atoms with E-state index >= 15 is 0 Å². The lowest BCUT2D eigenvalue weighted by Gasteiger charge is -2.41. The Balaban J connectivity index is 1.49. The maximum Gasteiger partial charge on any atom is 0.416 e. The van der Waals surface area contributed by atoms with E-state index in [1.165, 1.54) is 24.3 Å². The van der Waals surface area contributed by atoms with Crippen molar-refractivity contribution in [3.05, 3.63) is 59.2 Å². The lowest BCUT2D eigenvalue weighted by atomic mass is 9.77. The first-order valence-corrected chi connectivity index (χ1v) is 12.0. The number of unbranched alkanes of at least 4 members (excludes halogenated alkanes) is 1. The zero-order chi connectivity index (χ0) is 27.1. The van der Waals surface area contributed by atoms with Crippen LogP contribution < -0.4 is 5.32 Å². The molecule has 0 saturated heterocycles. The SMILES string of the molecule is O=C1NC(c2ccc(CCCCC(F)(F)F)cc2)(C(F)(F)F)CC(c2ccn(C3CC3)n2)=C1c1nn[nH]n1. The number of aromatic nitrogens is 6. The first-order valence-electron chi connectivity index (χ1n) is 12.0. The predicted molar refractivity (Wildman–Crippen MR) is 122 cm³/mol. The van der Waals surface area contributed by atoms with Crippen molar-refractivity contribution >= 4 is 17.1 Å². The molecule has 5 rings (SSSR count).